The molecule has 4 rings (SSSR count). The maximum atomic E-state index is 12.3. The predicted molar refractivity (Wildman–Crippen MR) is 99.5 cm³/mol. The van der Waals surface area contributed by atoms with E-state index < -0.39 is 0 Å². The Bertz CT molecular complexity index is 1080. The molecule has 0 saturated heterocycles. The molecule has 122 valence electrons. The molecule has 0 saturated carbocycles. The van der Waals surface area contributed by atoms with Gasteiger partial charge in [-0.15, -0.1) is 0 Å². The molecule has 0 radical (unpaired) electrons. The van der Waals surface area contributed by atoms with Crippen LogP contribution in [-0.4, -0.2) is 20.7 Å². The van der Waals surface area contributed by atoms with Crippen LogP contribution in [0.5, 0.6) is 0 Å². The van der Waals surface area contributed by atoms with Crippen LogP contribution in [0.3, 0.4) is 0 Å². The fourth-order valence-electron chi connectivity index (χ4n) is 3.35. The Morgan fingerprint density at radius 3 is 2.48 bits per heavy atom. The fourth-order valence-corrected chi connectivity index (χ4v) is 3.35. The second kappa shape index (κ2) is 5.98. The molecule has 0 aliphatic carbocycles. The second-order valence-corrected chi connectivity index (χ2v) is 6.04. The van der Waals surface area contributed by atoms with Gasteiger partial charge in [-0.3, -0.25) is 14.8 Å². The maximum Gasteiger partial charge on any atom is 0.162 e. The van der Waals surface area contributed by atoms with Gasteiger partial charge in [0.05, 0.1) is 16.9 Å². The Balaban J connectivity index is 2.02. The minimum atomic E-state index is 0.0465. The molecule has 4 nitrogen and oxygen atoms in total. The topological polar surface area (TPSA) is 58.6 Å². The summed E-state index contributed by atoms with van der Waals surface area (Å²) in [6.07, 6.45) is 5.27. The van der Waals surface area contributed by atoms with Crippen LogP contribution in [0.2, 0.25) is 0 Å². The molecule has 0 bridgehead atoms. The van der Waals surface area contributed by atoms with Gasteiger partial charge in [0.15, 0.2) is 5.78 Å². The summed E-state index contributed by atoms with van der Waals surface area (Å²) in [6.45, 7) is 3.59. The number of aromatic nitrogens is 3. The van der Waals surface area contributed by atoms with Crippen molar-refractivity contribution in [3.8, 4) is 22.5 Å². The molecule has 25 heavy (non-hydrogen) atoms. The normalized spacial score (nSPS) is 11.0. The van der Waals surface area contributed by atoms with Gasteiger partial charge < -0.3 is 4.98 Å². The number of carbonyl (C=O) groups excluding carboxylic acids is 1. The van der Waals surface area contributed by atoms with Crippen molar-refractivity contribution in [2.24, 2.45) is 0 Å². The Labute approximate surface area is 145 Å². The van der Waals surface area contributed by atoms with E-state index in [-0.39, 0.29) is 5.78 Å². The average molecular weight is 327 g/mol. The minimum Gasteiger partial charge on any atom is -0.354 e. The summed E-state index contributed by atoms with van der Waals surface area (Å²) in [4.78, 5) is 24.3. The van der Waals surface area contributed by atoms with E-state index in [1.807, 2.05) is 43.3 Å². The molecule has 1 aromatic carbocycles. The van der Waals surface area contributed by atoms with E-state index >= 15 is 0 Å². The monoisotopic (exact) mass is 327 g/mol. The molecule has 0 fully saturated rings. The first kappa shape index (κ1) is 15.3. The lowest BCUT2D eigenvalue weighted by molar-refractivity contribution is 0.101. The van der Waals surface area contributed by atoms with Crippen LogP contribution in [0, 0.1) is 6.92 Å². The van der Waals surface area contributed by atoms with E-state index in [4.69, 9.17) is 0 Å². The molecule has 0 amide bonds. The van der Waals surface area contributed by atoms with Crippen molar-refractivity contribution in [2.45, 2.75) is 13.8 Å². The lowest BCUT2D eigenvalue weighted by Crippen LogP contribution is -1.95. The number of rotatable bonds is 3. The summed E-state index contributed by atoms with van der Waals surface area (Å²) in [5, 5.41) is 1.06. The molecule has 1 N–H and O–H groups in total. The van der Waals surface area contributed by atoms with Crippen molar-refractivity contribution in [2.75, 3.05) is 0 Å². The Morgan fingerprint density at radius 1 is 0.960 bits per heavy atom. The maximum absolute atomic E-state index is 12.3. The number of hydrogen-bond acceptors (Lipinski definition) is 3. The number of nitrogens with zero attached hydrogens (tertiary/aromatic N) is 2. The predicted octanol–water partition coefficient (Wildman–Crippen LogP) is 4.80. The van der Waals surface area contributed by atoms with Gasteiger partial charge in [-0.05, 0) is 43.7 Å². The molecule has 0 unspecified atom stereocenters. The summed E-state index contributed by atoms with van der Waals surface area (Å²) in [5.41, 5.74) is 6.40. The van der Waals surface area contributed by atoms with E-state index in [1.165, 1.54) is 0 Å². The number of nitrogens with one attached hydrogen (secondary N) is 1. The van der Waals surface area contributed by atoms with Gasteiger partial charge in [0.25, 0.3) is 0 Å². The smallest absolute Gasteiger partial charge is 0.162 e. The zero-order valence-corrected chi connectivity index (χ0v) is 14.1. The number of para-hydroxylation sites is 1. The molecule has 3 heterocycles. The summed E-state index contributed by atoms with van der Waals surface area (Å²) >= 11 is 0. The van der Waals surface area contributed by atoms with Crippen LogP contribution in [0.1, 0.15) is 22.8 Å². The molecule has 4 aromatic rings. The van der Waals surface area contributed by atoms with Gasteiger partial charge in [-0.25, -0.2) is 0 Å². The first-order chi connectivity index (χ1) is 12.2. The number of ketones is 1. The minimum absolute atomic E-state index is 0.0465. The van der Waals surface area contributed by atoms with E-state index in [1.54, 1.807) is 25.5 Å². The molecular weight excluding hydrogens is 310 g/mol. The number of H-pyrrole nitrogens is 1. The fraction of sp³-hybridized carbons (Fsp3) is 0.0952. The number of aromatic amines is 1. The highest BCUT2D eigenvalue weighted by Crippen LogP contribution is 2.36. The number of pyridine rings is 2. The van der Waals surface area contributed by atoms with Crippen LogP contribution in [0.15, 0.2) is 61.1 Å². The highest BCUT2D eigenvalue weighted by Gasteiger charge is 2.20. The van der Waals surface area contributed by atoms with Crippen LogP contribution in [-0.2, 0) is 0 Å². The third-order valence-corrected chi connectivity index (χ3v) is 4.49. The van der Waals surface area contributed by atoms with Crippen LogP contribution >= 0.6 is 0 Å². The van der Waals surface area contributed by atoms with Crippen LogP contribution in [0.4, 0.5) is 0 Å². The Hall–Kier alpha value is -3.27. The Kier molecular flexibility index (Phi) is 3.65. The first-order valence-corrected chi connectivity index (χ1v) is 8.15. The van der Waals surface area contributed by atoms with Gasteiger partial charge in [0, 0.05) is 40.7 Å². The highest BCUT2D eigenvalue weighted by molar-refractivity contribution is 6.05. The lowest BCUT2D eigenvalue weighted by atomic mass is 9.99. The molecule has 3 aromatic heterocycles. The van der Waals surface area contributed by atoms with Crippen molar-refractivity contribution in [1.82, 2.24) is 15.0 Å². The van der Waals surface area contributed by atoms with Crippen molar-refractivity contribution in [1.29, 1.82) is 0 Å². The zero-order valence-electron chi connectivity index (χ0n) is 14.1. The first-order valence-electron chi connectivity index (χ1n) is 8.15. The largest absolute Gasteiger partial charge is 0.354 e. The molecule has 4 heteroatoms. The number of carbonyl (C=O) groups is 1. The van der Waals surface area contributed by atoms with Gasteiger partial charge in [0.1, 0.15) is 0 Å². The molecule has 0 aliphatic rings. The number of Topliss-reactive ketones (excluding diaryl/α,β-unsaturated/α-hetero) is 1. The van der Waals surface area contributed by atoms with E-state index in [0.29, 0.717) is 0 Å². The summed E-state index contributed by atoms with van der Waals surface area (Å²) in [5.74, 6) is 0.0465. The van der Waals surface area contributed by atoms with E-state index in [0.717, 1.165) is 44.5 Å². The summed E-state index contributed by atoms with van der Waals surface area (Å²) in [6, 6.07) is 13.8. The van der Waals surface area contributed by atoms with Gasteiger partial charge in [-0.1, -0.05) is 18.2 Å². The SMILES string of the molecule is CC(=O)c1c(-c2ccncc2)[nH]c(-c2ccnc3ccccc23)c1C. The quantitative estimate of drug-likeness (QED) is 0.550. The molecule has 0 aliphatic heterocycles. The average Bonchev–Trinajstić information content (AvgIpc) is 2.99. The lowest BCUT2D eigenvalue weighted by Gasteiger charge is -2.05. The zero-order chi connectivity index (χ0) is 17.4. The van der Waals surface area contributed by atoms with Crippen LogP contribution < -0.4 is 0 Å². The number of benzene rings is 1. The summed E-state index contributed by atoms with van der Waals surface area (Å²) < 4.78 is 0. The van der Waals surface area contributed by atoms with Crippen LogP contribution in [0.25, 0.3) is 33.4 Å². The van der Waals surface area contributed by atoms with Crippen molar-refractivity contribution in [3.05, 3.63) is 72.2 Å². The van der Waals surface area contributed by atoms with E-state index in [9.17, 15) is 4.79 Å². The second-order valence-electron chi connectivity index (χ2n) is 6.04. The highest BCUT2D eigenvalue weighted by atomic mass is 16.1. The number of hydrogen-bond donors (Lipinski definition) is 1. The summed E-state index contributed by atoms with van der Waals surface area (Å²) in [7, 11) is 0. The van der Waals surface area contributed by atoms with Gasteiger partial charge in [0.2, 0.25) is 0 Å². The molecule has 0 spiro atoms. The standard InChI is InChI=1S/C21H17N3O/c1-13-19(14(2)25)21(15-7-10-22-11-8-15)24-20(13)17-9-12-23-18-6-4-3-5-16(17)18/h3-12,24H,1-2H3. The third-order valence-electron chi connectivity index (χ3n) is 4.49. The van der Waals surface area contributed by atoms with Crippen molar-refractivity contribution < 1.29 is 4.79 Å². The van der Waals surface area contributed by atoms with Crippen molar-refractivity contribution in [3.63, 3.8) is 0 Å². The van der Waals surface area contributed by atoms with Gasteiger partial charge in [-0.2, -0.15) is 0 Å². The van der Waals surface area contributed by atoms with Gasteiger partial charge >= 0.3 is 0 Å². The van der Waals surface area contributed by atoms with E-state index in [2.05, 4.69) is 21.0 Å². The third kappa shape index (κ3) is 2.52. The van der Waals surface area contributed by atoms with Crippen molar-refractivity contribution >= 4 is 16.7 Å². The molecule has 0 atom stereocenters. The molecular formula is C21H17N3O. The Morgan fingerprint density at radius 2 is 1.72 bits per heavy atom. The number of fused-ring (bicyclic) bond motifs is 1.